The summed E-state index contributed by atoms with van der Waals surface area (Å²) in [6.45, 7) is 3.54. The van der Waals surface area contributed by atoms with Gasteiger partial charge in [0, 0.05) is 32.7 Å². The van der Waals surface area contributed by atoms with Crippen molar-refractivity contribution >= 4 is 17.5 Å². The quantitative estimate of drug-likeness (QED) is 0.764. The molecule has 2 aromatic rings. The number of methoxy groups -OCH3 is 2. The first-order chi connectivity index (χ1) is 15.1. The molecule has 4 rings (SSSR count). The van der Waals surface area contributed by atoms with E-state index in [2.05, 4.69) is 10.2 Å². The second-order valence-electron chi connectivity index (χ2n) is 7.64. The fourth-order valence-corrected chi connectivity index (χ4v) is 3.91. The summed E-state index contributed by atoms with van der Waals surface area (Å²) in [4.78, 5) is 29.2. The van der Waals surface area contributed by atoms with Crippen LogP contribution in [-0.2, 0) is 16.1 Å². The molecule has 1 atom stereocenters. The highest BCUT2D eigenvalue weighted by Crippen LogP contribution is 2.30. The maximum Gasteiger partial charge on any atom is 0.266 e. The molecule has 0 radical (unpaired) electrons. The molecule has 0 unspecified atom stereocenters. The SMILES string of the molecule is COc1ccc(CN2CCN(C(=O)C[C@H]3Oc4ccccc4NC3=O)CC2)cc1OC. The van der Waals surface area contributed by atoms with Gasteiger partial charge in [-0.05, 0) is 29.8 Å². The number of rotatable bonds is 6. The minimum atomic E-state index is -0.799. The van der Waals surface area contributed by atoms with E-state index in [1.54, 1.807) is 26.4 Å². The summed E-state index contributed by atoms with van der Waals surface area (Å²) in [5.74, 6) is 1.67. The molecule has 2 aromatic carbocycles. The summed E-state index contributed by atoms with van der Waals surface area (Å²) >= 11 is 0. The van der Waals surface area contributed by atoms with Gasteiger partial charge in [-0.2, -0.15) is 0 Å². The van der Waals surface area contributed by atoms with Gasteiger partial charge < -0.3 is 24.4 Å². The third-order valence-corrected chi connectivity index (χ3v) is 5.65. The molecule has 1 N–H and O–H groups in total. The van der Waals surface area contributed by atoms with Crippen LogP contribution in [0.3, 0.4) is 0 Å². The first kappa shape index (κ1) is 21.0. The average Bonchev–Trinajstić information content (AvgIpc) is 2.80. The largest absolute Gasteiger partial charge is 0.493 e. The molecule has 0 saturated carbocycles. The molecule has 0 aliphatic carbocycles. The van der Waals surface area contributed by atoms with Crippen LogP contribution in [0.1, 0.15) is 12.0 Å². The van der Waals surface area contributed by atoms with Gasteiger partial charge in [-0.3, -0.25) is 14.5 Å². The van der Waals surface area contributed by atoms with Crippen LogP contribution < -0.4 is 19.5 Å². The topological polar surface area (TPSA) is 80.3 Å². The van der Waals surface area contributed by atoms with Crippen LogP contribution in [0.4, 0.5) is 5.69 Å². The first-order valence-corrected chi connectivity index (χ1v) is 10.3. The van der Waals surface area contributed by atoms with Gasteiger partial charge in [0.15, 0.2) is 17.6 Å². The third-order valence-electron chi connectivity index (χ3n) is 5.65. The second-order valence-corrected chi connectivity index (χ2v) is 7.64. The Bertz CT molecular complexity index is 956. The Labute approximate surface area is 181 Å². The van der Waals surface area contributed by atoms with E-state index < -0.39 is 6.10 Å². The zero-order valence-electron chi connectivity index (χ0n) is 17.8. The molecule has 164 valence electrons. The number of carbonyl (C=O) groups excluding carboxylic acids is 2. The molecule has 31 heavy (non-hydrogen) atoms. The first-order valence-electron chi connectivity index (χ1n) is 10.3. The minimum absolute atomic E-state index is 0.0375. The fraction of sp³-hybridized carbons (Fsp3) is 0.391. The molecule has 2 amide bonds. The molecule has 8 heteroatoms. The van der Waals surface area contributed by atoms with Gasteiger partial charge in [0.2, 0.25) is 5.91 Å². The Kier molecular flexibility index (Phi) is 6.27. The normalized spacial score (nSPS) is 18.6. The lowest BCUT2D eigenvalue weighted by Gasteiger charge is -2.35. The van der Waals surface area contributed by atoms with E-state index in [1.807, 2.05) is 35.2 Å². The van der Waals surface area contributed by atoms with Gasteiger partial charge in [0.1, 0.15) is 5.75 Å². The number of piperazine rings is 1. The van der Waals surface area contributed by atoms with Crippen molar-refractivity contribution in [3.63, 3.8) is 0 Å². The molecule has 0 bridgehead atoms. The van der Waals surface area contributed by atoms with Crippen molar-refractivity contribution in [1.29, 1.82) is 0 Å². The molecule has 8 nitrogen and oxygen atoms in total. The van der Waals surface area contributed by atoms with E-state index in [-0.39, 0.29) is 18.2 Å². The van der Waals surface area contributed by atoms with Crippen LogP contribution in [0.2, 0.25) is 0 Å². The van der Waals surface area contributed by atoms with Gasteiger partial charge in [-0.15, -0.1) is 0 Å². The van der Waals surface area contributed by atoms with E-state index in [9.17, 15) is 9.59 Å². The maximum absolute atomic E-state index is 12.8. The number of nitrogens with one attached hydrogen (secondary N) is 1. The van der Waals surface area contributed by atoms with Crippen molar-refractivity contribution in [2.45, 2.75) is 19.1 Å². The van der Waals surface area contributed by atoms with E-state index >= 15 is 0 Å². The van der Waals surface area contributed by atoms with E-state index in [0.29, 0.717) is 36.0 Å². The molecule has 2 heterocycles. The van der Waals surface area contributed by atoms with Crippen molar-refractivity contribution < 1.29 is 23.8 Å². The lowest BCUT2D eigenvalue weighted by atomic mass is 10.1. The van der Waals surface area contributed by atoms with E-state index in [4.69, 9.17) is 14.2 Å². The van der Waals surface area contributed by atoms with Crippen LogP contribution in [0.5, 0.6) is 17.2 Å². The van der Waals surface area contributed by atoms with Crippen LogP contribution in [0.15, 0.2) is 42.5 Å². The van der Waals surface area contributed by atoms with Crippen LogP contribution in [-0.4, -0.2) is 68.1 Å². The summed E-state index contributed by atoms with van der Waals surface area (Å²) in [5.41, 5.74) is 1.77. The number of amides is 2. The number of hydrogen-bond donors (Lipinski definition) is 1. The Morgan fingerprint density at radius 2 is 1.81 bits per heavy atom. The predicted octanol–water partition coefficient (Wildman–Crippen LogP) is 2.14. The number of hydrogen-bond acceptors (Lipinski definition) is 6. The van der Waals surface area contributed by atoms with Gasteiger partial charge >= 0.3 is 0 Å². The highest BCUT2D eigenvalue weighted by atomic mass is 16.5. The van der Waals surface area contributed by atoms with Gasteiger partial charge in [0.05, 0.1) is 26.3 Å². The number of benzene rings is 2. The summed E-state index contributed by atoms with van der Waals surface area (Å²) < 4.78 is 16.4. The van der Waals surface area contributed by atoms with Crippen LogP contribution in [0.25, 0.3) is 0 Å². The number of nitrogens with zero attached hydrogens (tertiary/aromatic N) is 2. The van der Waals surface area contributed by atoms with Gasteiger partial charge in [0.25, 0.3) is 5.91 Å². The summed E-state index contributed by atoms with van der Waals surface area (Å²) in [6, 6.07) is 13.1. The summed E-state index contributed by atoms with van der Waals surface area (Å²) in [7, 11) is 3.25. The van der Waals surface area contributed by atoms with Crippen molar-refractivity contribution in [3.05, 3.63) is 48.0 Å². The third kappa shape index (κ3) is 4.74. The van der Waals surface area contributed by atoms with Crippen molar-refractivity contribution in [2.24, 2.45) is 0 Å². The maximum atomic E-state index is 12.8. The Hall–Kier alpha value is -3.26. The number of fused-ring (bicyclic) bond motifs is 1. The van der Waals surface area contributed by atoms with Crippen molar-refractivity contribution in [1.82, 2.24) is 9.80 Å². The Morgan fingerprint density at radius 3 is 2.55 bits per heavy atom. The van der Waals surface area contributed by atoms with Crippen LogP contribution in [0, 0.1) is 0 Å². The van der Waals surface area contributed by atoms with Crippen LogP contribution >= 0.6 is 0 Å². The van der Waals surface area contributed by atoms with E-state index in [1.165, 1.54) is 0 Å². The van der Waals surface area contributed by atoms with E-state index in [0.717, 1.165) is 25.2 Å². The number of anilines is 1. The van der Waals surface area contributed by atoms with Crippen molar-refractivity contribution in [2.75, 3.05) is 45.7 Å². The second kappa shape index (κ2) is 9.26. The number of ether oxygens (including phenoxy) is 3. The molecule has 2 aliphatic heterocycles. The zero-order chi connectivity index (χ0) is 21.8. The summed E-state index contributed by atoms with van der Waals surface area (Å²) in [5, 5.41) is 2.81. The Morgan fingerprint density at radius 1 is 1.06 bits per heavy atom. The molecular weight excluding hydrogens is 398 g/mol. The lowest BCUT2D eigenvalue weighted by molar-refractivity contribution is -0.138. The van der Waals surface area contributed by atoms with Crippen molar-refractivity contribution in [3.8, 4) is 17.2 Å². The molecule has 0 spiro atoms. The summed E-state index contributed by atoms with van der Waals surface area (Å²) in [6.07, 6.45) is -0.761. The number of para-hydroxylation sites is 2. The average molecular weight is 425 g/mol. The lowest BCUT2D eigenvalue weighted by Crippen LogP contribution is -2.50. The molecule has 2 aliphatic rings. The molecular formula is C23H27N3O5. The standard InChI is InChI=1S/C23H27N3O5/c1-29-19-8-7-16(13-20(19)30-2)15-25-9-11-26(12-10-25)22(27)14-21-23(28)24-17-5-3-4-6-18(17)31-21/h3-8,13,21H,9-12,14-15H2,1-2H3,(H,24,28)/t21-/m1/s1. The zero-order valence-corrected chi connectivity index (χ0v) is 17.8. The monoisotopic (exact) mass is 425 g/mol. The van der Waals surface area contributed by atoms with Gasteiger partial charge in [-0.1, -0.05) is 18.2 Å². The molecule has 1 saturated heterocycles. The molecule has 1 fully saturated rings. The highest BCUT2D eigenvalue weighted by Gasteiger charge is 2.32. The number of carbonyl (C=O) groups is 2. The van der Waals surface area contributed by atoms with Gasteiger partial charge in [-0.25, -0.2) is 0 Å². The predicted molar refractivity (Wildman–Crippen MR) is 116 cm³/mol. The highest BCUT2D eigenvalue weighted by molar-refractivity contribution is 5.99. The minimum Gasteiger partial charge on any atom is -0.493 e. The molecule has 0 aromatic heterocycles. The smallest absolute Gasteiger partial charge is 0.266 e. The Balaban J connectivity index is 1.29. The fourth-order valence-electron chi connectivity index (χ4n) is 3.91.